The van der Waals surface area contributed by atoms with E-state index in [1.807, 2.05) is 25.1 Å². The van der Waals surface area contributed by atoms with Gasteiger partial charge < -0.3 is 11.1 Å². The number of halogens is 2. The molecule has 0 aromatic heterocycles. The van der Waals surface area contributed by atoms with Crippen molar-refractivity contribution in [1.29, 1.82) is 0 Å². The second-order valence-corrected chi connectivity index (χ2v) is 5.76. The van der Waals surface area contributed by atoms with Crippen molar-refractivity contribution in [2.24, 2.45) is 0 Å². The highest BCUT2D eigenvalue weighted by molar-refractivity contribution is 9.10. The van der Waals surface area contributed by atoms with Gasteiger partial charge in [-0.05, 0) is 42.3 Å². The molecule has 0 spiro atoms. The number of nitrogen functional groups attached to an aromatic ring is 1. The highest BCUT2D eigenvalue weighted by Gasteiger charge is 2.11. The summed E-state index contributed by atoms with van der Waals surface area (Å²) >= 11 is 9.35. The lowest BCUT2D eigenvalue weighted by atomic mass is 10.1. The van der Waals surface area contributed by atoms with Gasteiger partial charge in [0, 0.05) is 16.7 Å². The van der Waals surface area contributed by atoms with E-state index in [9.17, 15) is 4.79 Å². The van der Waals surface area contributed by atoms with Gasteiger partial charge >= 0.3 is 0 Å². The van der Waals surface area contributed by atoms with Crippen LogP contribution in [0.4, 0.5) is 5.69 Å². The quantitative estimate of drug-likeness (QED) is 0.822. The first-order chi connectivity index (χ1) is 9.49. The van der Waals surface area contributed by atoms with E-state index in [1.165, 1.54) is 0 Å². The molecule has 0 unspecified atom stereocenters. The summed E-state index contributed by atoms with van der Waals surface area (Å²) in [7, 11) is 0. The Balaban J connectivity index is 2.13. The van der Waals surface area contributed by atoms with Crippen LogP contribution in [-0.2, 0) is 6.54 Å². The zero-order chi connectivity index (χ0) is 14.7. The molecule has 5 heteroatoms. The molecule has 0 saturated heterocycles. The second kappa shape index (κ2) is 6.29. The lowest BCUT2D eigenvalue weighted by Crippen LogP contribution is -2.23. The summed E-state index contributed by atoms with van der Waals surface area (Å²) in [6.45, 7) is 2.35. The number of hydrogen-bond acceptors (Lipinski definition) is 2. The number of nitrogens with two attached hydrogens (primary N) is 1. The van der Waals surface area contributed by atoms with Crippen molar-refractivity contribution in [3.63, 3.8) is 0 Å². The first kappa shape index (κ1) is 14.9. The van der Waals surface area contributed by atoms with E-state index in [4.69, 9.17) is 17.3 Å². The maximum atomic E-state index is 12.1. The Labute approximate surface area is 131 Å². The van der Waals surface area contributed by atoms with Crippen LogP contribution in [0.15, 0.2) is 40.9 Å². The summed E-state index contributed by atoms with van der Waals surface area (Å²) in [5.41, 5.74) is 8.98. The second-order valence-electron chi connectivity index (χ2n) is 4.44. The molecule has 0 fully saturated rings. The molecule has 0 saturated carbocycles. The third-order valence-electron chi connectivity index (χ3n) is 3.10. The Morgan fingerprint density at radius 2 is 2.10 bits per heavy atom. The number of nitrogens with one attached hydrogen (secondary N) is 1. The lowest BCUT2D eigenvalue weighted by molar-refractivity contribution is 0.0951. The molecule has 0 aliphatic heterocycles. The Hall–Kier alpha value is -1.52. The summed E-state index contributed by atoms with van der Waals surface area (Å²) in [6.07, 6.45) is 0. The molecule has 20 heavy (non-hydrogen) atoms. The molecule has 0 radical (unpaired) electrons. The van der Waals surface area contributed by atoms with Crippen LogP contribution >= 0.6 is 27.5 Å². The van der Waals surface area contributed by atoms with Gasteiger partial charge in [0.05, 0.1) is 10.6 Å². The molecule has 0 bridgehead atoms. The van der Waals surface area contributed by atoms with Crippen molar-refractivity contribution in [1.82, 2.24) is 5.32 Å². The van der Waals surface area contributed by atoms with E-state index in [0.29, 0.717) is 17.1 Å². The Morgan fingerprint density at radius 1 is 1.35 bits per heavy atom. The average molecular weight is 354 g/mol. The van der Waals surface area contributed by atoms with Gasteiger partial charge in [-0.15, -0.1) is 0 Å². The summed E-state index contributed by atoms with van der Waals surface area (Å²) in [6, 6.07) is 10.8. The molecule has 3 N–H and O–H groups in total. The van der Waals surface area contributed by atoms with E-state index in [0.717, 1.165) is 21.3 Å². The molecule has 2 rings (SSSR count). The Bertz CT molecular complexity index is 658. The fourth-order valence-corrected chi connectivity index (χ4v) is 2.40. The Kier molecular flexibility index (Phi) is 4.68. The predicted molar refractivity (Wildman–Crippen MR) is 85.9 cm³/mol. The van der Waals surface area contributed by atoms with Crippen molar-refractivity contribution in [2.75, 3.05) is 5.73 Å². The molecule has 2 aromatic rings. The van der Waals surface area contributed by atoms with Crippen LogP contribution in [0.2, 0.25) is 5.02 Å². The highest BCUT2D eigenvalue weighted by Crippen LogP contribution is 2.21. The van der Waals surface area contributed by atoms with Gasteiger partial charge in [-0.3, -0.25) is 4.79 Å². The number of carbonyl (C=O) groups excluding carboxylic acids is 1. The van der Waals surface area contributed by atoms with Crippen LogP contribution in [0, 0.1) is 6.92 Å². The number of amides is 1. The number of rotatable bonds is 3. The van der Waals surface area contributed by atoms with E-state index in [2.05, 4.69) is 21.2 Å². The van der Waals surface area contributed by atoms with Crippen LogP contribution in [0.3, 0.4) is 0 Å². The minimum absolute atomic E-state index is 0.210. The smallest absolute Gasteiger partial charge is 0.253 e. The number of anilines is 1. The van der Waals surface area contributed by atoms with Crippen LogP contribution < -0.4 is 11.1 Å². The van der Waals surface area contributed by atoms with Gasteiger partial charge in [-0.2, -0.15) is 0 Å². The zero-order valence-electron chi connectivity index (χ0n) is 10.9. The molecule has 0 aliphatic rings. The molecule has 3 nitrogen and oxygen atoms in total. The number of benzene rings is 2. The van der Waals surface area contributed by atoms with Crippen molar-refractivity contribution < 1.29 is 4.79 Å². The van der Waals surface area contributed by atoms with Crippen molar-refractivity contribution >= 4 is 39.1 Å². The highest BCUT2D eigenvalue weighted by atomic mass is 79.9. The minimum Gasteiger partial charge on any atom is -0.399 e. The summed E-state index contributed by atoms with van der Waals surface area (Å²) in [5, 5.41) is 3.28. The van der Waals surface area contributed by atoms with E-state index < -0.39 is 0 Å². The topological polar surface area (TPSA) is 55.1 Å². The number of carbonyl (C=O) groups is 1. The minimum atomic E-state index is -0.210. The van der Waals surface area contributed by atoms with Crippen LogP contribution in [-0.4, -0.2) is 5.91 Å². The van der Waals surface area contributed by atoms with Gasteiger partial charge in [0.2, 0.25) is 0 Å². The van der Waals surface area contributed by atoms with Crippen LogP contribution in [0.5, 0.6) is 0 Å². The fraction of sp³-hybridized carbons (Fsp3) is 0.133. The first-order valence-electron chi connectivity index (χ1n) is 6.06. The van der Waals surface area contributed by atoms with E-state index in [1.54, 1.807) is 18.2 Å². The van der Waals surface area contributed by atoms with Gasteiger partial charge in [0.1, 0.15) is 0 Å². The molecule has 104 valence electrons. The van der Waals surface area contributed by atoms with Gasteiger partial charge in [-0.25, -0.2) is 0 Å². The molecule has 0 aliphatic carbocycles. The number of hydrogen-bond donors (Lipinski definition) is 2. The SMILES string of the molecule is Cc1c(N)cccc1CNC(=O)c1cc(Br)ccc1Cl. The summed E-state index contributed by atoms with van der Waals surface area (Å²) in [5.74, 6) is -0.210. The molecular formula is C15H14BrClN2O. The molecule has 2 aromatic carbocycles. The lowest BCUT2D eigenvalue weighted by Gasteiger charge is -2.10. The summed E-state index contributed by atoms with van der Waals surface area (Å²) < 4.78 is 0.812. The monoisotopic (exact) mass is 352 g/mol. The third kappa shape index (κ3) is 3.32. The van der Waals surface area contributed by atoms with Gasteiger partial charge in [0.15, 0.2) is 0 Å². The predicted octanol–water partition coefficient (Wildman–Crippen LogP) is 3.92. The molecular weight excluding hydrogens is 340 g/mol. The van der Waals surface area contributed by atoms with Gasteiger partial charge in [0.25, 0.3) is 5.91 Å². The van der Waals surface area contributed by atoms with Crippen LogP contribution in [0.1, 0.15) is 21.5 Å². The molecule has 0 heterocycles. The van der Waals surface area contributed by atoms with E-state index in [-0.39, 0.29) is 5.91 Å². The zero-order valence-corrected chi connectivity index (χ0v) is 13.3. The van der Waals surface area contributed by atoms with Crippen LogP contribution in [0.25, 0.3) is 0 Å². The first-order valence-corrected chi connectivity index (χ1v) is 7.23. The molecule has 0 atom stereocenters. The largest absolute Gasteiger partial charge is 0.399 e. The van der Waals surface area contributed by atoms with Gasteiger partial charge in [-0.1, -0.05) is 39.7 Å². The molecule has 1 amide bonds. The maximum Gasteiger partial charge on any atom is 0.253 e. The average Bonchev–Trinajstić information content (AvgIpc) is 2.43. The summed E-state index contributed by atoms with van der Waals surface area (Å²) in [4.78, 5) is 12.1. The van der Waals surface area contributed by atoms with E-state index >= 15 is 0 Å². The third-order valence-corrected chi connectivity index (χ3v) is 3.92. The van der Waals surface area contributed by atoms with Crippen molar-refractivity contribution in [3.05, 3.63) is 62.6 Å². The normalized spacial score (nSPS) is 10.3. The maximum absolute atomic E-state index is 12.1. The fourth-order valence-electron chi connectivity index (χ4n) is 1.84. The van der Waals surface area contributed by atoms with Crippen molar-refractivity contribution in [2.45, 2.75) is 13.5 Å². The Morgan fingerprint density at radius 3 is 2.85 bits per heavy atom. The van der Waals surface area contributed by atoms with Crippen molar-refractivity contribution in [3.8, 4) is 0 Å². The standard InChI is InChI=1S/C15H14BrClN2O/c1-9-10(3-2-4-14(9)18)8-19-15(20)12-7-11(16)5-6-13(12)17/h2-7H,8,18H2,1H3,(H,19,20).